The van der Waals surface area contributed by atoms with Crippen molar-refractivity contribution in [1.29, 1.82) is 5.26 Å². The highest BCUT2D eigenvalue weighted by Crippen LogP contribution is 2.15. The molecule has 0 saturated carbocycles. The van der Waals surface area contributed by atoms with Crippen LogP contribution in [0.5, 0.6) is 0 Å². The first-order valence-electron chi connectivity index (χ1n) is 9.24. The molecule has 0 aliphatic heterocycles. The first-order chi connectivity index (χ1) is 14.5. The lowest BCUT2D eigenvalue weighted by Gasteiger charge is -2.14. The van der Waals surface area contributed by atoms with E-state index in [4.69, 9.17) is 10.00 Å². The highest BCUT2D eigenvalue weighted by Gasteiger charge is 2.19. The van der Waals surface area contributed by atoms with Crippen LogP contribution in [0.15, 0.2) is 66.7 Å². The van der Waals surface area contributed by atoms with E-state index >= 15 is 0 Å². The second-order valence-corrected chi connectivity index (χ2v) is 6.56. The van der Waals surface area contributed by atoms with Gasteiger partial charge >= 0.3 is 5.97 Å². The molecule has 0 aromatic heterocycles. The summed E-state index contributed by atoms with van der Waals surface area (Å²) in [4.78, 5) is 36.5. The molecule has 7 nitrogen and oxygen atoms in total. The molecular weight excluding hydrogens is 382 g/mol. The number of hydrogen-bond acceptors (Lipinski definition) is 5. The molecule has 0 aliphatic carbocycles. The minimum absolute atomic E-state index is 0.368. The van der Waals surface area contributed by atoms with Gasteiger partial charge < -0.3 is 15.4 Å². The first kappa shape index (κ1) is 20.6. The largest absolute Gasteiger partial charge is 0.451 e. The summed E-state index contributed by atoms with van der Waals surface area (Å²) in [5, 5.41) is 15.9. The van der Waals surface area contributed by atoms with Crippen molar-refractivity contribution in [3.05, 3.63) is 77.9 Å². The highest BCUT2D eigenvalue weighted by molar-refractivity contribution is 6.00. The molecule has 2 amide bonds. The maximum absolute atomic E-state index is 12.3. The second kappa shape index (κ2) is 9.34. The summed E-state index contributed by atoms with van der Waals surface area (Å²) < 4.78 is 5.07. The van der Waals surface area contributed by atoms with Gasteiger partial charge in [-0.15, -0.1) is 0 Å². The number of anilines is 1. The number of amides is 2. The fraction of sp³-hybridized carbons (Fsp3) is 0.130. The summed E-state index contributed by atoms with van der Waals surface area (Å²) in [5.41, 5.74) is 1.24. The van der Waals surface area contributed by atoms with E-state index in [0.717, 1.165) is 10.8 Å². The molecule has 0 heterocycles. The quantitative estimate of drug-likeness (QED) is 0.617. The van der Waals surface area contributed by atoms with Crippen LogP contribution in [0.4, 0.5) is 5.69 Å². The van der Waals surface area contributed by atoms with Gasteiger partial charge in [0, 0.05) is 11.3 Å². The van der Waals surface area contributed by atoms with E-state index in [1.54, 1.807) is 30.3 Å². The van der Waals surface area contributed by atoms with E-state index in [-0.39, 0.29) is 6.54 Å². The predicted octanol–water partition coefficient (Wildman–Crippen LogP) is 3.01. The van der Waals surface area contributed by atoms with Gasteiger partial charge in [0.25, 0.3) is 11.8 Å². The van der Waals surface area contributed by atoms with Crippen LogP contribution in [0.2, 0.25) is 0 Å². The molecule has 7 heteroatoms. The standard InChI is InChI=1S/C23H19N3O4/c1-15(22(28)26-20-8-4-5-16(11-20)13-24)30-21(27)14-25-23(29)19-10-9-17-6-2-3-7-18(17)12-19/h2-12,15H,14H2,1H3,(H,25,29)(H,26,28)/t15-/m1/s1. The lowest BCUT2D eigenvalue weighted by molar-refractivity contribution is -0.152. The summed E-state index contributed by atoms with van der Waals surface area (Å²) in [6.07, 6.45) is -1.07. The van der Waals surface area contributed by atoms with Crippen molar-refractivity contribution < 1.29 is 19.1 Å². The molecule has 0 unspecified atom stereocenters. The number of nitrogens with zero attached hydrogens (tertiary/aromatic N) is 1. The lowest BCUT2D eigenvalue weighted by Crippen LogP contribution is -2.35. The number of carbonyl (C=O) groups excluding carboxylic acids is 3. The van der Waals surface area contributed by atoms with Crippen LogP contribution >= 0.6 is 0 Å². The van der Waals surface area contributed by atoms with Crippen LogP contribution < -0.4 is 10.6 Å². The van der Waals surface area contributed by atoms with Gasteiger partial charge in [0.05, 0.1) is 11.6 Å². The van der Waals surface area contributed by atoms with Crippen molar-refractivity contribution in [1.82, 2.24) is 5.32 Å². The minimum atomic E-state index is -1.07. The van der Waals surface area contributed by atoms with E-state index < -0.39 is 23.9 Å². The Balaban J connectivity index is 1.50. The Hall–Kier alpha value is -4.18. The van der Waals surface area contributed by atoms with E-state index in [2.05, 4.69) is 10.6 Å². The van der Waals surface area contributed by atoms with Gasteiger partial charge in [0.1, 0.15) is 6.54 Å². The second-order valence-electron chi connectivity index (χ2n) is 6.56. The Morgan fingerprint density at radius 1 is 1.00 bits per heavy atom. The van der Waals surface area contributed by atoms with Crippen molar-refractivity contribution in [2.24, 2.45) is 0 Å². The number of carbonyl (C=O) groups is 3. The molecule has 150 valence electrons. The van der Waals surface area contributed by atoms with Gasteiger partial charge in [0.2, 0.25) is 0 Å². The smallest absolute Gasteiger partial charge is 0.326 e. The van der Waals surface area contributed by atoms with Crippen molar-refractivity contribution in [3.8, 4) is 6.07 Å². The highest BCUT2D eigenvalue weighted by atomic mass is 16.5. The van der Waals surface area contributed by atoms with Crippen molar-refractivity contribution in [2.75, 3.05) is 11.9 Å². The van der Waals surface area contributed by atoms with Gasteiger partial charge in [-0.3, -0.25) is 14.4 Å². The molecule has 3 aromatic carbocycles. The molecule has 0 fully saturated rings. The van der Waals surface area contributed by atoms with Crippen molar-refractivity contribution in [2.45, 2.75) is 13.0 Å². The Kier molecular flexibility index (Phi) is 6.40. The Morgan fingerprint density at radius 2 is 1.77 bits per heavy atom. The number of rotatable bonds is 6. The normalized spacial score (nSPS) is 11.2. The zero-order valence-corrected chi connectivity index (χ0v) is 16.2. The van der Waals surface area contributed by atoms with Crippen LogP contribution in [0.25, 0.3) is 10.8 Å². The van der Waals surface area contributed by atoms with Gasteiger partial charge in [-0.05, 0) is 48.0 Å². The van der Waals surface area contributed by atoms with E-state index in [0.29, 0.717) is 16.8 Å². The number of esters is 1. The van der Waals surface area contributed by atoms with Crippen LogP contribution in [0, 0.1) is 11.3 Å². The molecular formula is C23H19N3O4. The van der Waals surface area contributed by atoms with E-state index in [1.807, 2.05) is 36.4 Å². The molecule has 2 N–H and O–H groups in total. The zero-order valence-electron chi connectivity index (χ0n) is 16.2. The van der Waals surface area contributed by atoms with Gasteiger partial charge in [-0.1, -0.05) is 36.4 Å². The fourth-order valence-corrected chi connectivity index (χ4v) is 2.79. The summed E-state index contributed by atoms with van der Waals surface area (Å²) in [7, 11) is 0. The molecule has 3 aromatic rings. The first-order valence-corrected chi connectivity index (χ1v) is 9.24. The minimum Gasteiger partial charge on any atom is -0.451 e. The van der Waals surface area contributed by atoms with Gasteiger partial charge in [-0.2, -0.15) is 5.26 Å². The summed E-state index contributed by atoms with van der Waals surface area (Å²) in [5.74, 6) is -1.69. The number of hydrogen-bond donors (Lipinski definition) is 2. The number of ether oxygens (including phenoxy) is 1. The van der Waals surface area contributed by atoms with Gasteiger partial charge in [-0.25, -0.2) is 0 Å². The Labute approximate surface area is 173 Å². The van der Waals surface area contributed by atoms with Crippen LogP contribution in [0.3, 0.4) is 0 Å². The third-order valence-corrected chi connectivity index (χ3v) is 4.34. The summed E-state index contributed by atoms with van der Waals surface area (Å²) >= 11 is 0. The maximum Gasteiger partial charge on any atom is 0.326 e. The zero-order chi connectivity index (χ0) is 21.5. The molecule has 30 heavy (non-hydrogen) atoms. The molecule has 0 saturated heterocycles. The average molecular weight is 401 g/mol. The number of benzene rings is 3. The molecule has 1 atom stereocenters. The third-order valence-electron chi connectivity index (χ3n) is 4.34. The van der Waals surface area contributed by atoms with Crippen molar-refractivity contribution in [3.63, 3.8) is 0 Å². The van der Waals surface area contributed by atoms with E-state index in [1.165, 1.54) is 13.0 Å². The monoisotopic (exact) mass is 401 g/mol. The van der Waals surface area contributed by atoms with Crippen molar-refractivity contribution >= 4 is 34.2 Å². The molecule has 0 bridgehead atoms. The third kappa shape index (κ3) is 5.20. The summed E-state index contributed by atoms with van der Waals surface area (Å²) in [6.45, 7) is 1.06. The van der Waals surface area contributed by atoms with Crippen LogP contribution in [-0.2, 0) is 14.3 Å². The summed E-state index contributed by atoms with van der Waals surface area (Å²) in [6, 6.07) is 21.2. The van der Waals surface area contributed by atoms with Crippen LogP contribution in [-0.4, -0.2) is 30.4 Å². The number of fused-ring (bicyclic) bond motifs is 1. The Bertz CT molecular complexity index is 1150. The maximum atomic E-state index is 12.3. The molecule has 0 aliphatic rings. The van der Waals surface area contributed by atoms with Crippen LogP contribution in [0.1, 0.15) is 22.8 Å². The molecule has 0 spiro atoms. The SMILES string of the molecule is C[C@@H](OC(=O)CNC(=O)c1ccc2ccccc2c1)C(=O)Nc1cccc(C#N)c1. The lowest BCUT2D eigenvalue weighted by atomic mass is 10.1. The number of nitrogens with one attached hydrogen (secondary N) is 2. The molecule has 3 rings (SSSR count). The molecule has 0 radical (unpaired) electrons. The van der Waals surface area contributed by atoms with E-state index in [9.17, 15) is 14.4 Å². The van der Waals surface area contributed by atoms with Gasteiger partial charge in [0.15, 0.2) is 6.10 Å². The number of nitriles is 1. The topological polar surface area (TPSA) is 108 Å². The fourth-order valence-electron chi connectivity index (χ4n) is 2.79. The Morgan fingerprint density at radius 3 is 2.53 bits per heavy atom. The average Bonchev–Trinajstić information content (AvgIpc) is 2.77. The predicted molar refractivity (Wildman–Crippen MR) is 112 cm³/mol.